The molecule has 0 saturated heterocycles. The predicted molar refractivity (Wildman–Crippen MR) is 73.9 cm³/mol. The molecule has 0 aliphatic carbocycles. The summed E-state index contributed by atoms with van der Waals surface area (Å²) in [7, 11) is 0. The molecule has 7 nitrogen and oxygen atoms in total. The highest BCUT2D eigenvalue weighted by atomic mass is 16.5. The van der Waals surface area contributed by atoms with Crippen molar-refractivity contribution < 1.29 is 19.1 Å². The first-order valence-corrected chi connectivity index (χ1v) is 6.50. The Hall–Kier alpha value is -2.70. The Labute approximate surface area is 120 Å². The topological polar surface area (TPSA) is 105 Å². The van der Waals surface area contributed by atoms with Gasteiger partial charge in [0.25, 0.3) is 0 Å². The number of hydrogen-bond acceptors (Lipinski definition) is 5. The van der Waals surface area contributed by atoms with Gasteiger partial charge in [0.2, 0.25) is 0 Å². The van der Waals surface area contributed by atoms with Crippen molar-refractivity contribution >= 4 is 6.09 Å². The lowest BCUT2D eigenvalue weighted by Crippen LogP contribution is -2.25. The van der Waals surface area contributed by atoms with E-state index in [0.29, 0.717) is 25.1 Å². The van der Waals surface area contributed by atoms with Crippen molar-refractivity contribution in [3.63, 3.8) is 0 Å². The van der Waals surface area contributed by atoms with E-state index in [0.717, 1.165) is 5.56 Å². The van der Waals surface area contributed by atoms with Crippen LogP contribution in [-0.2, 0) is 17.8 Å². The average molecular weight is 292 g/mol. The van der Waals surface area contributed by atoms with Gasteiger partial charge in [-0.15, -0.1) is 0 Å². The van der Waals surface area contributed by atoms with Gasteiger partial charge >= 0.3 is 17.8 Å². The second-order valence-electron chi connectivity index (χ2n) is 4.39. The smallest absolute Gasteiger partial charge is 0.419 e. The van der Waals surface area contributed by atoms with Gasteiger partial charge in [0.15, 0.2) is 0 Å². The number of carbonyl (C=O) groups is 1. The van der Waals surface area contributed by atoms with E-state index >= 15 is 0 Å². The van der Waals surface area contributed by atoms with E-state index in [4.69, 9.17) is 4.74 Å². The first-order chi connectivity index (χ1) is 10.1. The Kier molecular flexibility index (Phi) is 5.03. The van der Waals surface area contributed by atoms with Gasteiger partial charge in [0.05, 0.1) is 0 Å². The summed E-state index contributed by atoms with van der Waals surface area (Å²) in [4.78, 5) is 24.6. The molecule has 0 unspecified atom stereocenters. The number of benzene rings is 1. The molecule has 0 bridgehead atoms. The highest BCUT2D eigenvalue weighted by Gasteiger charge is 2.08. The van der Waals surface area contributed by atoms with E-state index in [2.05, 4.69) is 14.7 Å². The molecule has 0 aliphatic rings. The number of nitrogens with one attached hydrogen (secondary N) is 2. The number of aromatic amines is 1. The standard InChI is InChI=1S/C14H16N2O5/c17-12-11(16-14(19)21-12)7-4-8-15-13(18)20-9-10-5-2-1-3-6-10/h1-3,5-6,17H,4,7-9H2,(H,15,18)(H,16,19). The lowest BCUT2D eigenvalue weighted by atomic mass is 10.2. The van der Waals surface area contributed by atoms with Gasteiger partial charge in [0, 0.05) is 6.54 Å². The van der Waals surface area contributed by atoms with Gasteiger partial charge in [-0.1, -0.05) is 30.3 Å². The number of hydrogen-bond donors (Lipinski definition) is 3. The van der Waals surface area contributed by atoms with Crippen LogP contribution in [0.1, 0.15) is 17.7 Å². The summed E-state index contributed by atoms with van der Waals surface area (Å²) in [5, 5.41) is 11.8. The zero-order chi connectivity index (χ0) is 15.1. The van der Waals surface area contributed by atoms with Crippen LogP contribution in [0, 0.1) is 0 Å². The molecule has 21 heavy (non-hydrogen) atoms. The summed E-state index contributed by atoms with van der Waals surface area (Å²) < 4.78 is 9.45. The number of oxazole rings is 1. The van der Waals surface area contributed by atoms with Crippen molar-refractivity contribution in [1.82, 2.24) is 10.3 Å². The molecule has 1 amide bonds. The molecule has 0 saturated carbocycles. The summed E-state index contributed by atoms with van der Waals surface area (Å²) in [5.41, 5.74) is 1.23. The molecule has 2 aromatic rings. The summed E-state index contributed by atoms with van der Waals surface area (Å²) in [6.45, 7) is 0.572. The summed E-state index contributed by atoms with van der Waals surface area (Å²) in [5.74, 6) is -1.11. The van der Waals surface area contributed by atoms with Crippen molar-refractivity contribution in [2.75, 3.05) is 6.54 Å². The quantitative estimate of drug-likeness (QED) is 0.700. The second kappa shape index (κ2) is 7.18. The molecule has 7 heteroatoms. The number of alkyl carbamates (subject to hydrolysis) is 1. The number of H-pyrrole nitrogens is 1. The second-order valence-corrected chi connectivity index (χ2v) is 4.39. The maximum Gasteiger partial charge on any atom is 0.419 e. The minimum absolute atomic E-state index is 0.211. The minimum atomic E-state index is -0.697. The third-order valence-electron chi connectivity index (χ3n) is 2.79. The number of ether oxygens (including phenoxy) is 1. The highest BCUT2D eigenvalue weighted by Crippen LogP contribution is 2.12. The fraction of sp³-hybridized carbons (Fsp3) is 0.286. The Morgan fingerprint density at radius 1 is 1.33 bits per heavy atom. The van der Waals surface area contributed by atoms with Gasteiger partial charge in [0.1, 0.15) is 12.3 Å². The Morgan fingerprint density at radius 2 is 2.10 bits per heavy atom. The van der Waals surface area contributed by atoms with Crippen molar-refractivity contribution in [2.45, 2.75) is 19.4 Å². The SMILES string of the molecule is O=C(NCCCc1[nH]c(=O)oc1O)OCc1ccccc1. The van der Waals surface area contributed by atoms with Gasteiger partial charge in [-0.2, -0.15) is 0 Å². The number of aromatic hydroxyl groups is 1. The first kappa shape index (κ1) is 14.7. The van der Waals surface area contributed by atoms with Crippen LogP contribution < -0.4 is 11.1 Å². The van der Waals surface area contributed by atoms with Crippen LogP contribution in [-0.4, -0.2) is 22.7 Å². The maximum absolute atomic E-state index is 11.4. The third-order valence-corrected chi connectivity index (χ3v) is 2.79. The van der Waals surface area contributed by atoms with Crippen molar-refractivity contribution in [3.8, 4) is 5.95 Å². The van der Waals surface area contributed by atoms with Gasteiger partial charge in [-0.25, -0.2) is 9.59 Å². The molecule has 0 spiro atoms. The van der Waals surface area contributed by atoms with E-state index in [1.165, 1.54) is 0 Å². The van der Waals surface area contributed by atoms with Crippen LogP contribution in [0.3, 0.4) is 0 Å². The molecule has 0 aliphatic heterocycles. The number of amides is 1. The van der Waals surface area contributed by atoms with Crippen molar-refractivity contribution in [3.05, 3.63) is 52.1 Å². The van der Waals surface area contributed by atoms with E-state index in [-0.39, 0.29) is 6.61 Å². The van der Waals surface area contributed by atoms with Gasteiger partial charge in [-0.3, -0.25) is 4.98 Å². The molecule has 0 atom stereocenters. The molecule has 1 heterocycles. The van der Waals surface area contributed by atoms with Gasteiger partial charge in [-0.05, 0) is 18.4 Å². The number of rotatable bonds is 6. The van der Waals surface area contributed by atoms with Crippen LogP contribution in [0.5, 0.6) is 5.95 Å². The molecule has 3 N–H and O–H groups in total. The summed E-state index contributed by atoms with van der Waals surface area (Å²) in [6.07, 6.45) is 0.406. The maximum atomic E-state index is 11.4. The normalized spacial score (nSPS) is 10.3. The largest absolute Gasteiger partial charge is 0.479 e. The lowest BCUT2D eigenvalue weighted by Gasteiger charge is -2.06. The highest BCUT2D eigenvalue weighted by molar-refractivity contribution is 5.67. The third kappa shape index (κ3) is 4.72. The molecule has 1 aromatic carbocycles. The van der Waals surface area contributed by atoms with E-state index in [1.807, 2.05) is 30.3 Å². The van der Waals surface area contributed by atoms with Crippen molar-refractivity contribution in [2.24, 2.45) is 0 Å². The number of carbonyl (C=O) groups excluding carboxylic acids is 1. The zero-order valence-electron chi connectivity index (χ0n) is 11.3. The molecule has 0 radical (unpaired) electrons. The predicted octanol–water partition coefficient (Wildman–Crippen LogP) is 1.53. The Balaban J connectivity index is 1.63. The molecular weight excluding hydrogens is 276 g/mol. The fourth-order valence-corrected chi connectivity index (χ4v) is 1.75. The molecular formula is C14H16N2O5. The fourth-order valence-electron chi connectivity index (χ4n) is 1.75. The van der Waals surface area contributed by atoms with E-state index < -0.39 is 17.8 Å². The minimum Gasteiger partial charge on any atom is -0.479 e. The molecule has 112 valence electrons. The first-order valence-electron chi connectivity index (χ1n) is 6.50. The van der Waals surface area contributed by atoms with Crippen LogP contribution in [0.4, 0.5) is 4.79 Å². The lowest BCUT2D eigenvalue weighted by molar-refractivity contribution is 0.139. The van der Waals surface area contributed by atoms with Crippen LogP contribution in [0.15, 0.2) is 39.5 Å². The summed E-state index contributed by atoms with van der Waals surface area (Å²) in [6, 6.07) is 9.36. The number of aryl methyl sites for hydroxylation is 1. The van der Waals surface area contributed by atoms with Gasteiger partial charge < -0.3 is 19.6 Å². The van der Waals surface area contributed by atoms with E-state index in [1.54, 1.807) is 0 Å². The average Bonchev–Trinajstić information content (AvgIpc) is 2.80. The summed E-state index contributed by atoms with van der Waals surface area (Å²) >= 11 is 0. The van der Waals surface area contributed by atoms with E-state index in [9.17, 15) is 14.7 Å². The number of aromatic nitrogens is 1. The zero-order valence-corrected chi connectivity index (χ0v) is 11.3. The van der Waals surface area contributed by atoms with Crippen LogP contribution in [0.2, 0.25) is 0 Å². The Bertz CT molecular complexity index is 632. The van der Waals surface area contributed by atoms with Crippen LogP contribution in [0.25, 0.3) is 0 Å². The van der Waals surface area contributed by atoms with Crippen LogP contribution >= 0.6 is 0 Å². The van der Waals surface area contributed by atoms with Crippen molar-refractivity contribution in [1.29, 1.82) is 0 Å². The monoisotopic (exact) mass is 292 g/mol. The molecule has 0 fully saturated rings. The molecule has 2 rings (SSSR count). The molecule has 1 aromatic heterocycles. The Morgan fingerprint density at radius 3 is 2.76 bits per heavy atom.